The molecular formula is C41H38N6O. The van der Waals surface area contributed by atoms with E-state index in [-0.39, 0.29) is 5.69 Å². The van der Waals surface area contributed by atoms with E-state index in [1.165, 1.54) is 0 Å². The van der Waals surface area contributed by atoms with E-state index < -0.39 is 5.54 Å². The Morgan fingerprint density at radius 2 is 1.19 bits per heavy atom. The van der Waals surface area contributed by atoms with Crippen molar-refractivity contribution in [1.29, 1.82) is 0 Å². The number of nitrogens with zero attached hydrogens (tertiary/aromatic N) is 6. The fourth-order valence-electron chi connectivity index (χ4n) is 6.82. The maximum Gasteiger partial charge on any atom is 0.328 e. The van der Waals surface area contributed by atoms with Gasteiger partial charge in [0.2, 0.25) is 0 Å². The molecule has 0 bridgehead atoms. The van der Waals surface area contributed by atoms with Crippen molar-refractivity contribution in [3.63, 3.8) is 0 Å². The summed E-state index contributed by atoms with van der Waals surface area (Å²) < 4.78 is 5.67. The molecular weight excluding hydrogens is 592 g/mol. The maximum absolute atomic E-state index is 13.1. The summed E-state index contributed by atoms with van der Waals surface area (Å²) in [6.07, 6.45) is 3.86. The Morgan fingerprint density at radius 1 is 0.646 bits per heavy atom. The van der Waals surface area contributed by atoms with E-state index in [0.29, 0.717) is 18.9 Å². The lowest BCUT2D eigenvalue weighted by Crippen LogP contribution is -2.39. The largest absolute Gasteiger partial charge is 0.328 e. The quantitative estimate of drug-likeness (QED) is 0.137. The van der Waals surface area contributed by atoms with Crippen LogP contribution in [0.15, 0.2) is 151 Å². The Bertz CT molecular complexity index is 2070. The molecule has 48 heavy (non-hydrogen) atoms. The molecule has 0 radical (unpaired) electrons. The van der Waals surface area contributed by atoms with Crippen LogP contribution in [0.25, 0.3) is 22.5 Å². The number of hydrogen-bond donors (Lipinski definition) is 0. The first-order valence-electron chi connectivity index (χ1n) is 16.6. The van der Waals surface area contributed by atoms with Gasteiger partial charge >= 0.3 is 5.69 Å². The highest BCUT2D eigenvalue weighted by Crippen LogP contribution is 2.43. The highest BCUT2D eigenvalue weighted by molar-refractivity contribution is 5.81. The topological polar surface area (TPSA) is 70.5 Å². The molecule has 7 aromatic rings. The predicted octanol–water partition coefficient (Wildman–Crippen LogP) is 7.83. The minimum atomic E-state index is -0.849. The molecule has 238 valence electrons. The summed E-state index contributed by atoms with van der Waals surface area (Å²) >= 11 is 0. The lowest BCUT2D eigenvalue weighted by molar-refractivity contribution is 0.451. The third-order valence-electron chi connectivity index (χ3n) is 9.11. The molecule has 0 aliphatic heterocycles. The van der Waals surface area contributed by atoms with E-state index in [2.05, 4.69) is 121 Å². The van der Waals surface area contributed by atoms with Crippen molar-refractivity contribution in [1.82, 2.24) is 29.3 Å². The van der Waals surface area contributed by atoms with Crippen molar-refractivity contribution in [3.05, 3.63) is 184 Å². The molecule has 0 unspecified atom stereocenters. The van der Waals surface area contributed by atoms with E-state index in [0.717, 1.165) is 57.5 Å². The molecule has 0 fully saturated rings. The van der Waals surface area contributed by atoms with Crippen LogP contribution in [-0.2, 0) is 25.0 Å². The standard InChI is InChI=1S/C41H38N6O/c1-3-16-36-30-45(4-2)40(48)46(36)29-31-25-27-32(28-26-31)37-23-14-15-24-38(37)39-42-43-44-47(39)41(33-17-8-5-9-18-33,34-19-10-6-11-20-34)35-21-12-7-13-22-35/h5-15,17-28,30H,3-4,16,29H2,1-2H3. The Morgan fingerprint density at radius 3 is 1.73 bits per heavy atom. The molecule has 7 nitrogen and oxygen atoms in total. The Hall–Kier alpha value is -5.82. The summed E-state index contributed by atoms with van der Waals surface area (Å²) in [4.78, 5) is 13.1. The molecule has 7 heteroatoms. The fraction of sp³-hybridized carbons (Fsp3) is 0.171. The number of rotatable bonds is 11. The van der Waals surface area contributed by atoms with Gasteiger partial charge in [-0.05, 0) is 57.2 Å². The van der Waals surface area contributed by atoms with Crippen molar-refractivity contribution in [3.8, 4) is 22.5 Å². The Labute approximate surface area is 280 Å². The number of hydrogen-bond acceptors (Lipinski definition) is 4. The lowest BCUT2D eigenvalue weighted by Gasteiger charge is -2.36. The third-order valence-corrected chi connectivity index (χ3v) is 9.11. The number of benzene rings is 5. The van der Waals surface area contributed by atoms with E-state index in [9.17, 15) is 4.79 Å². The van der Waals surface area contributed by atoms with Gasteiger partial charge < -0.3 is 0 Å². The van der Waals surface area contributed by atoms with Crippen LogP contribution in [0.1, 0.15) is 48.2 Å². The molecule has 7 rings (SSSR count). The molecule has 0 saturated heterocycles. The minimum Gasteiger partial charge on any atom is -0.299 e. The SMILES string of the molecule is CCCc1cn(CC)c(=O)n1Cc1ccc(-c2ccccc2-c2nnnn2C(c2ccccc2)(c2ccccc2)c2ccccc2)cc1. The first-order chi connectivity index (χ1) is 23.6. The summed E-state index contributed by atoms with van der Waals surface area (Å²) in [5, 5.41) is 13.8. The second-order valence-corrected chi connectivity index (χ2v) is 12.0. The number of tetrazole rings is 1. The van der Waals surface area contributed by atoms with Gasteiger partial charge in [-0.2, -0.15) is 0 Å². The number of aryl methyl sites for hydroxylation is 2. The van der Waals surface area contributed by atoms with Crippen molar-refractivity contribution < 1.29 is 0 Å². The van der Waals surface area contributed by atoms with Gasteiger partial charge in [-0.25, -0.2) is 9.48 Å². The molecule has 0 aliphatic rings. The van der Waals surface area contributed by atoms with E-state index >= 15 is 0 Å². The highest BCUT2D eigenvalue weighted by atomic mass is 16.1. The van der Waals surface area contributed by atoms with Gasteiger partial charge in [0.05, 0.1) is 6.54 Å². The third kappa shape index (κ3) is 5.47. The number of aromatic nitrogens is 6. The van der Waals surface area contributed by atoms with Crippen LogP contribution in [0.2, 0.25) is 0 Å². The van der Waals surface area contributed by atoms with E-state index in [1.807, 2.05) is 52.7 Å². The molecule has 0 amide bonds. The Kier molecular flexibility index (Phi) is 8.67. The summed E-state index contributed by atoms with van der Waals surface area (Å²) in [5.74, 6) is 0.655. The summed E-state index contributed by atoms with van der Waals surface area (Å²) in [6, 6.07) is 48.1. The van der Waals surface area contributed by atoms with Gasteiger partial charge in [0.25, 0.3) is 0 Å². The molecule has 2 aromatic heterocycles. The fourth-order valence-corrected chi connectivity index (χ4v) is 6.82. The second-order valence-electron chi connectivity index (χ2n) is 12.0. The van der Waals surface area contributed by atoms with Gasteiger partial charge in [0.1, 0.15) is 5.54 Å². The molecule has 0 N–H and O–H groups in total. The lowest BCUT2D eigenvalue weighted by atomic mass is 9.77. The van der Waals surface area contributed by atoms with E-state index in [4.69, 9.17) is 10.3 Å². The highest BCUT2D eigenvalue weighted by Gasteiger charge is 2.42. The Balaban J connectivity index is 1.35. The van der Waals surface area contributed by atoms with Crippen molar-refractivity contribution in [2.75, 3.05) is 0 Å². The molecule has 0 saturated carbocycles. The molecule has 5 aromatic carbocycles. The van der Waals surface area contributed by atoms with Crippen molar-refractivity contribution >= 4 is 0 Å². The van der Waals surface area contributed by atoms with Crippen LogP contribution < -0.4 is 5.69 Å². The first kappa shape index (κ1) is 30.8. The van der Waals surface area contributed by atoms with Crippen LogP contribution >= 0.6 is 0 Å². The predicted molar refractivity (Wildman–Crippen MR) is 191 cm³/mol. The van der Waals surface area contributed by atoms with Crippen LogP contribution in [0.5, 0.6) is 0 Å². The summed E-state index contributed by atoms with van der Waals surface area (Å²) in [7, 11) is 0. The van der Waals surface area contributed by atoms with Crippen LogP contribution in [0.3, 0.4) is 0 Å². The van der Waals surface area contributed by atoms with Gasteiger partial charge in [0, 0.05) is 24.0 Å². The maximum atomic E-state index is 13.1. The van der Waals surface area contributed by atoms with Crippen LogP contribution in [-0.4, -0.2) is 29.3 Å². The summed E-state index contributed by atoms with van der Waals surface area (Å²) in [6.45, 7) is 5.35. The van der Waals surface area contributed by atoms with E-state index in [1.54, 1.807) is 4.57 Å². The smallest absolute Gasteiger partial charge is 0.299 e. The molecule has 0 spiro atoms. The van der Waals surface area contributed by atoms with Crippen molar-refractivity contribution in [2.24, 2.45) is 0 Å². The first-order valence-corrected chi connectivity index (χ1v) is 16.6. The zero-order chi connectivity index (χ0) is 32.9. The van der Waals surface area contributed by atoms with Gasteiger partial charge in [-0.15, -0.1) is 5.10 Å². The zero-order valence-electron chi connectivity index (χ0n) is 27.3. The minimum absolute atomic E-state index is 0.0425. The average Bonchev–Trinajstić information content (AvgIpc) is 3.75. The number of imidazole rings is 1. The second kappa shape index (κ2) is 13.5. The normalized spacial score (nSPS) is 11.5. The average molecular weight is 631 g/mol. The molecule has 0 aliphatic carbocycles. The monoisotopic (exact) mass is 630 g/mol. The van der Waals surface area contributed by atoms with Crippen LogP contribution in [0, 0.1) is 0 Å². The molecule has 0 atom stereocenters. The van der Waals surface area contributed by atoms with Crippen LogP contribution in [0.4, 0.5) is 0 Å². The van der Waals surface area contributed by atoms with Gasteiger partial charge in [0.15, 0.2) is 5.82 Å². The zero-order valence-corrected chi connectivity index (χ0v) is 27.3. The van der Waals surface area contributed by atoms with Gasteiger partial charge in [-0.3, -0.25) is 9.13 Å². The summed E-state index contributed by atoms with van der Waals surface area (Å²) in [5.41, 5.74) is 7.47. The van der Waals surface area contributed by atoms with Crippen molar-refractivity contribution in [2.45, 2.75) is 45.3 Å². The van der Waals surface area contributed by atoms with Gasteiger partial charge in [-0.1, -0.05) is 153 Å². The molecule has 2 heterocycles.